The number of nitrogen functional groups attached to an aromatic ring is 2. The number of nitrogens with two attached hydrogens (primary N) is 2. The van der Waals surface area contributed by atoms with Crippen LogP contribution in [0.4, 0.5) is 11.4 Å². The quantitative estimate of drug-likeness (QED) is 0.518. The van der Waals surface area contributed by atoms with Crippen molar-refractivity contribution in [2.45, 2.75) is 0 Å². The van der Waals surface area contributed by atoms with Crippen molar-refractivity contribution in [3.8, 4) is 5.75 Å². The topological polar surface area (TPSA) is 70.5 Å². The van der Waals surface area contributed by atoms with E-state index in [2.05, 4.69) is 0 Å². The second-order valence-electron chi connectivity index (χ2n) is 2.35. The Morgan fingerprint density at radius 2 is 2.08 bits per heavy atom. The fourth-order valence-electron chi connectivity index (χ4n) is 0.798. The third-order valence-electron chi connectivity index (χ3n) is 1.37. The molecule has 1 rings (SSSR count). The minimum Gasteiger partial charge on any atom is -0.465 e. The molecule has 0 aromatic heterocycles. The number of benzene rings is 1. The molecule has 0 atom stereocenters. The van der Waals surface area contributed by atoms with Crippen molar-refractivity contribution in [2.75, 3.05) is 25.4 Å². The molecule has 1 aromatic rings. The number of hydrogen-bond acceptors (Lipinski definition) is 4. The zero-order valence-corrected chi connectivity index (χ0v) is 6.91. The van der Waals surface area contributed by atoms with E-state index in [4.69, 9.17) is 20.9 Å². The Morgan fingerprint density at radius 3 is 2.75 bits per heavy atom. The van der Waals surface area contributed by atoms with Crippen molar-refractivity contribution in [2.24, 2.45) is 0 Å². The fourth-order valence-corrected chi connectivity index (χ4v) is 0.798. The largest absolute Gasteiger partial charge is 0.465 e. The molecule has 0 spiro atoms. The molecule has 0 aliphatic rings. The van der Waals surface area contributed by atoms with Crippen molar-refractivity contribution < 1.29 is 9.47 Å². The standard InChI is InChI=1S/C8H12N2O2/c1-11-5-12-8-4-6(9)2-3-7(8)10/h2-4H,5,9-10H2,1H3. The number of anilines is 2. The average molecular weight is 168 g/mol. The summed E-state index contributed by atoms with van der Waals surface area (Å²) in [5, 5.41) is 0. The number of hydrogen-bond donors (Lipinski definition) is 2. The first kappa shape index (κ1) is 8.67. The van der Waals surface area contributed by atoms with Crippen LogP contribution in [0.3, 0.4) is 0 Å². The van der Waals surface area contributed by atoms with Gasteiger partial charge in [-0.05, 0) is 12.1 Å². The van der Waals surface area contributed by atoms with E-state index >= 15 is 0 Å². The smallest absolute Gasteiger partial charge is 0.188 e. The van der Waals surface area contributed by atoms with Crippen LogP contribution in [0.2, 0.25) is 0 Å². The minimum atomic E-state index is 0.174. The van der Waals surface area contributed by atoms with Crippen LogP contribution in [0, 0.1) is 0 Å². The molecule has 0 aliphatic heterocycles. The molecule has 66 valence electrons. The third kappa shape index (κ3) is 2.03. The Morgan fingerprint density at radius 1 is 1.33 bits per heavy atom. The highest BCUT2D eigenvalue weighted by Crippen LogP contribution is 2.23. The lowest BCUT2D eigenvalue weighted by Gasteiger charge is -2.07. The van der Waals surface area contributed by atoms with Crippen molar-refractivity contribution >= 4 is 11.4 Å². The van der Waals surface area contributed by atoms with Crippen molar-refractivity contribution in [3.05, 3.63) is 18.2 Å². The number of ether oxygens (including phenoxy) is 2. The van der Waals surface area contributed by atoms with Gasteiger partial charge in [0.05, 0.1) is 5.69 Å². The molecule has 0 saturated heterocycles. The zero-order valence-electron chi connectivity index (χ0n) is 6.91. The van der Waals surface area contributed by atoms with E-state index in [1.807, 2.05) is 0 Å². The summed E-state index contributed by atoms with van der Waals surface area (Å²) in [4.78, 5) is 0. The monoisotopic (exact) mass is 168 g/mol. The van der Waals surface area contributed by atoms with Crippen LogP contribution in [0.1, 0.15) is 0 Å². The van der Waals surface area contributed by atoms with Crippen LogP contribution in [0.5, 0.6) is 5.75 Å². The molecule has 4 N–H and O–H groups in total. The molecular formula is C8H12N2O2. The fraction of sp³-hybridized carbons (Fsp3) is 0.250. The normalized spacial score (nSPS) is 9.75. The van der Waals surface area contributed by atoms with Crippen molar-refractivity contribution in [3.63, 3.8) is 0 Å². The average Bonchev–Trinajstić information content (AvgIpc) is 2.07. The predicted molar refractivity (Wildman–Crippen MR) is 47.8 cm³/mol. The highest BCUT2D eigenvalue weighted by molar-refractivity contribution is 5.59. The van der Waals surface area contributed by atoms with Gasteiger partial charge < -0.3 is 20.9 Å². The van der Waals surface area contributed by atoms with Gasteiger partial charge in [-0.3, -0.25) is 0 Å². The first-order valence-electron chi connectivity index (χ1n) is 3.51. The van der Waals surface area contributed by atoms with E-state index in [1.165, 1.54) is 0 Å². The van der Waals surface area contributed by atoms with Crippen LogP contribution in [0.25, 0.3) is 0 Å². The maximum absolute atomic E-state index is 5.59. The van der Waals surface area contributed by atoms with Crippen LogP contribution in [-0.2, 0) is 4.74 Å². The molecule has 0 amide bonds. The molecular weight excluding hydrogens is 156 g/mol. The van der Waals surface area contributed by atoms with E-state index in [-0.39, 0.29) is 6.79 Å². The van der Waals surface area contributed by atoms with Crippen LogP contribution in [-0.4, -0.2) is 13.9 Å². The maximum atomic E-state index is 5.59. The summed E-state index contributed by atoms with van der Waals surface area (Å²) in [6.45, 7) is 0.174. The van der Waals surface area contributed by atoms with E-state index in [0.717, 1.165) is 0 Å². The SMILES string of the molecule is COCOc1cc(N)ccc1N. The van der Waals surface area contributed by atoms with E-state index < -0.39 is 0 Å². The predicted octanol–water partition coefficient (Wildman–Crippen LogP) is 0.834. The van der Waals surface area contributed by atoms with Gasteiger partial charge in [0.25, 0.3) is 0 Å². The number of rotatable bonds is 3. The van der Waals surface area contributed by atoms with Crippen molar-refractivity contribution in [1.82, 2.24) is 0 Å². The Bertz CT molecular complexity index is 263. The lowest BCUT2D eigenvalue weighted by atomic mass is 10.3. The zero-order chi connectivity index (χ0) is 8.97. The molecule has 0 saturated carbocycles. The first-order valence-corrected chi connectivity index (χ1v) is 3.51. The summed E-state index contributed by atoms with van der Waals surface area (Å²) in [6.07, 6.45) is 0. The van der Waals surface area contributed by atoms with Gasteiger partial charge in [-0.2, -0.15) is 0 Å². The van der Waals surface area contributed by atoms with Gasteiger partial charge in [-0.25, -0.2) is 0 Å². The van der Waals surface area contributed by atoms with Gasteiger partial charge in [0, 0.05) is 18.9 Å². The van der Waals surface area contributed by atoms with Crippen molar-refractivity contribution in [1.29, 1.82) is 0 Å². The molecule has 1 aromatic carbocycles. The first-order chi connectivity index (χ1) is 5.74. The molecule has 0 radical (unpaired) electrons. The Hall–Kier alpha value is -1.42. The molecule has 0 fully saturated rings. The number of methoxy groups -OCH3 is 1. The molecule has 0 unspecified atom stereocenters. The lowest BCUT2D eigenvalue weighted by molar-refractivity contribution is 0.0517. The summed E-state index contributed by atoms with van der Waals surface area (Å²) in [5.41, 5.74) is 12.3. The molecule has 0 bridgehead atoms. The van der Waals surface area contributed by atoms with Gasteiger partial charge >= 0.3 is 0 Å². The summed E-state index contributed by atoms with van der Waals surface area (Å²) >= 11 is 0. The summed E-state index contributed by atoms with van der Waals surface area (Å²) < 4.78 is 9.86. The Kier molecular flexibility index (Phi) is 2.76. The lowest BCUT2D eigenvalue weighted by Crippen LogP contribution is -2.02. The van der Waals surface area contributed by atoms with Crippen LogP contribution < -0.4 is 16.2 Å². The third-order valence-corrected chi connectivity index (χ3v) is 1.37. The molecule has 4 heteroatoms. The second-order valence-corrected chi connectivity index (χ2v) is 2.35. The van der Waals surface area contributed by atoms with Crippen LogP contribution >= 0.6 is 0 Å². The highest BCUT2D eigenvalue weighted by Gasteiger charge is 1.99. The van der Waals surface area contributed by atoms with Gasteiger partial charge in [-0.15, -0.1) is 0 Å². The summed E-state index contributed by atoms with van der Waals surface area (Å²) in [7, 11) is 1.54. The van der Waals surface area contributed by atoms with E-state index in [0.29, 0.717) is 17.1 Å². The summed E-state index contributed by atoms with van der Waals surface area (Å²) in [5.74, 6) is 0.553. The van der Waals surface area contributed by atoms with Crippen LogP contribution in [0.15, 0.2) is 18.2 Å². The maximum Gasteiger partial charge on any atom is 0.188 e. The molecule has 4 nitrogen and oxygen atoms in total. The Labute approximate surface area is 71.1 Å². The van der Waals surface area contributed by atoms with Gasteiger partial charge in [0.2, 0.25) is 0 Å². The Balaban J connectivity index is 2.75. The van der Waals surface area contributed by atoms with E-state index in [9.17, 15) is 0 Å². The molecule has 0 heterocycles. The summed E-state index contributed by atoms with van der Waals surface area (Å²) in [6, 6.07) is 5.07. The molecule has 0 aliphatic carbocycles. The second kappa shape index (κ2) is 3.82. The molecule has 12 heavy (non-hydrogen) atoms. The highest BCUT2D eigenvalue weighted by atomic mass is 16.7. The van der Waals surface area contributed by atoms with Gasteiger partial charge in [0.15, 0.2) is 6.79 Å². The van der Waals surface area contributed by atoms with E-state index in [1.54, 1.807) is 25.3 Å². The van der Waals surface area contributed by atoms with Gasteiger partial charge in [-0.1, -0.05) is 0 Å². The van der Waals surface area contributed by atoms with Gasteiger partial charge in [0.1, 0.15) is 5.75 Å². The minimum absolute atomic E-state index is 0.174.